The molecule has 0 aliphatic heterocycles. The minimum atomic E-state index is -0.829. The topological polar surface area (TPSA) is 85.6 Å². The number of halogens is 1. The monoisotopic (exact) mass is 321 g/mol. The Labute approximate surface area is 131 Å². The molecule has 1 aromatic carbocycles. The van der Waals surface area contributed by atoms with Crippen LogP contribution in [0.3, 0.4) is 0 Å². The van der Waals surface area contributed by atoms with E-state index in [1.54, 1.807) is 20.8 Å². The molecule has 23 heavy (non-hydrogen) atoms. The Balaban J connectivity index is 2.14. The molecule has 0 unspecified atom stereocenters. The predicted molar refractivity (Wildman–Crippen MR) is 80.6 cm³/mol. The van der Waals surface area contributed by atoms with Crippen molar-refractivity contribution in [1.29, 1.82) is 0 Å². The van der Waals surface area contributed by atoms with Gasteiger partial charge in [-0.25, -0.2) is 9.18 Å². The van der Waals surface area contributed by atoms with E-state index in [-0.39, 0.29) is 17.7 Å². The average Bonchev–Trinajstić information content (AvgIpc) is 2.43. The summed E-state index contributed by atoms with van der Waals surface area (Å²) in [5, 5.41) is 2.71. The SMILES string of the molecule is CC(C)(C)OC(=O)CNC(=O)c1cc2ccc(F)cc2c(=O)o1. The number of hydrogen-bond acceptors (Lipinski definition) is 5. The third kappa shape index (κ3) is 4.38. The normalized spacial score (nSPS) is 11.3. The number of benzene rings is 1. The minimum Gasteiger partial charge on any atom is -0.459 e. The van der Waals surface area contributed by atoms with Crippen molar-refractivity contribution in [2.75, 3.05) is 6.54 Å². The Bertz CT molecular complexity index is 819. The average molecular weight is 321 g/mol. The van der Waals surface area contributed by atoms with Gasteiger partial charge >= 0.3 is 11.6 Å². The second-order valence-corrected chi connectivity index (χ2v) is 5.90. The largest absolute Gasteiger partial charge is 0.459 e. The van der Waals surface area contributed by atoms with Gasteiger partial charge in [-0.05, 0) is 44.4 Å². The summed E-state index contributed by atoms with van der Waals surface area (Å²) in [6, 6.07) is 4.88. The summed E-state index contributed by atoms with van der Waals surface area (Å²) in [4.78, 5) is 35.3. The summed E-state index contributed by atoms with van der Waals surface area (Å²) in [6.45, 7) is 4.75. The second kappa shape index (κ2) is 6.20. The molecule has 0 bridgehead atoms. The van der Waals surface area contributed by atoms with Gasteiger partial charge in [0.25, 0.3) is 5.91 Å². The molecular weight excluding hydrogens is 305 g/mol. The van der Waals surface area contributed by atoms with Crippen molar-refractivity contribution in [1.82, 2.24) is 5.32 Å². The van der Waals surface area contributed by atoms with Crippen LogP contribution in [0.5, 0.6) is 0 Å². The first-order valence-electron chi connectivity index (χ1n) is 6.89. The quantitative estimate of drug-likeness (QED) is 0.874. The standard InChI is InChI=1S/C16H16FNO5/c1-16(2,3)23-13(19)8-18-14(20)12-6-9-4-5-10(17)7-11(9)15(21)22-12/h4-7H,8H2,1-3H3,(H,18,20). The zero-order valence-corrected chi connectivity index (χ0v) is 12.9. The molecule has 0 saturated carbocycles. The fourth-order valence-electron chi connectivity index (χ4n) is 1.89. The van der Waals surface area contributed by atoms with Gasteiger partial charge in [-0.1, -0.05) is 6.07 Å². The van der Waals surface area contributed by atoms with Crippen molar-refractivity contribution in [3.8, 4) is 0 Å². The zero-order chi connectivity index (χ0) is 17.2. The lowest BCUT2D eigenvalue weighted by Crippen LogP contribution is -2.34. The lowest BCUT2D eigenvalue weighted by molar-refractivity contribution is -0.153. The number of nitrogens with one attached hydrogen (secondary N) is 1. The number of fused-ring (bicyclic) bond motifs is 1. The molecule has 0 aliphatic rings. The molecule has 2 aromatic rings. The van der Waals surface area contributed by atoms with Crippen LogP contribution in [0, 0.1) is 5.82 Å². The van der Waals surface area contributed by atoms with Crippen molar-refractivity contribution in [3.63, 3.8) is 0 Å². The number of carbonyl (C=O) groups excluding carboxylic acids is 2. The molecule has 0 spiro atoms. The highest BCUT2D eigenvalue weighted by Crippen LogP contribution is 2.14. The number of ether oxygens (including phenoxy) is 1. The van der Waals surface area contributed by atoms with Crippen LogP contribution in [-0.2, 0) is 9.53 Å². The van der Waals surface area contributed by atoms with E-state index in [1.807, 2.05) is 0 Å². The van der Waals surface area contributed by atoms with Crippen LogP contribution in [0.4, 0.5) is 4.39 Å². The number of amides is 1. The van der Waals surface area contributed by atoms with Crippen LogP contribution in [-0.4, -0.2) is 24.0 Å². The van der Waals surface area contributed by atoms with Crippen molar-refractivity contribution in [2.45, 2.75) is 26.4 Å². The van der Waals surface area contributed by atoms with E-state index in [4.69, 9.17) is 9.15 Å². The van der Waals surface area contributed by atoms with E-state index < -0.39 is 28.9 Å². The maximum Gasteiger partial charge on any atom is 0.344 e. The first-order chi connectivity index (χ1) is 10.7. The Morgan fingerprint density at radius 3 is 2.61 bits per heavy atom. The zero-order valence-electron chi connectivity index (χ0n) is 12.9. The van der Waals surface area contributed by atoms with Gasteiger partial charge in [-0.3, -0.25) is 9.59 Å². The van der Waals surface area contributed by atoms with Gasteiger partial charge in [0.1, 0.15) is 18.0 Å². The molecule has 7 heteroatoms. The molecule has 1 amide bonds. The van der Waals surface area contributed by atoms with Crippen LogP contribution < -0.4 is 10.9 Å². The molecule has 0 fully saturated rings. The lowest BCUT2D eigenvalue weighted by Gasteiger charge is -2.19. The summed E-state index contributed by atoms with van der Waals surface area (Å²) >= 11 is 0. The van der Waals surface area contributed by atoms with E-state index in [1.165, 1.54) is 18.2 Å². The maximum atomic E-state index is 13.1. The predicted octanol–water partition coefficient (Wildman–Crippen LogP) is 2.00. The third-order valence-electron chi connectivity index (χ3n) is 2.76. The van der Waals surface area contributed by atoms with Crippen molar-refractivity contribution in [2.24, 2.45) is 0 Å². The molecule has 2 rings (SSSR count). The summed E-state index contributed by atoms with van der Waals surface area (Å²) in [7, 11) is 0. The van der Waals surface area contributed by atoms with Gasteiger partial charge in [-0.15, -0.1) is 0 Å². The molecule has 1 heterocycles. The number of rotatable bonds is 3. The smallest absolute Gasteiger partial charge is 0.344 e. The van der Waals surface area contributed by atoms with E-state index in [9.17, 15) is 18.8 Å². The molecule has 0 radical (unpaired) electrons. The Morgan fingerprint density at radius 1 is 1.26 bits per heavy atom. The van der Waals surface area contributed by atoms with E-state index >= 15 is 0 Å². The highest BCUT2D eigenvalue weighted by molar-refractivity contribution is 5.96. The van der Waals surface area contributed by atoms with Gasteiger partial charge in [0.15, 0.2) is 5.76 Å². The first-order valence-corrected chi connectivity index (χ1v) is 6.89. The first kappa shape index (κ1) is 16.7. The van der Waals surface area contributed by atoms with Crippen LogP contribution in [0.15, 0.2) is 33.5 Å². The Hall–Kier alpha value is -2.70. The Kier molecular flexibility index (Phi) is 4.49. The van der Waals surface area contributed by atoms with Crippen LogP contribution in [0.25, 0.3) is 10.8 Å². The van der Waals surface area contributed by atoms with Gasteiger partial charge in [0.2, 0.25) is 0 Å². The van der Waals surface area contributed by atoms with Gasteiger partial charge in [-0.2, -0.15) is 0 Å². The summed E-state index contributed by atoms with van der Waals surface area (Å²) in [6.07, 6.45) is 0. The summed E-state index contributed by atoms with van der Waals surface area (Å²) < 4.78 is 23.0. The molecule has 122 valence electrons. The van der Waals surface area contributed by atoms with Gasteiger partial charge < -0.3 is 14.5 Å². The number of esters is 1. The summed E-state index contributed by atoms with van der Waals surface area (Å²) in [5.74, 6) is -2.19. The van der Waals surface area contributed by atoms with Gasteiger partial charge in [0, 0.05) is 0 Å². The van der Waals surface area contributed by atoms with Gasteiger partial charge in [0.05, 0.1) is 5.39 Å². The lowest BCUT2D eigenvalue weighted by atomic mass is 10.1. The van der Waals surface area contributed by atoms with Crippen molar-refractivity contribution >= 4 is 22.6 Å². The van der Waals surface area contributed by atoms with E-state index in [0.717, 1.165) is 6.07 Å². The molecule has 6 nitrogen and oxygen atoms in total. The third-order valence-corrected chi connectivity index (χ3v) is 2.76. The highest BCUT2D eigenvalue weighted by Gasteiger charge is 2.18. The van der Waals surface area contributed by atoms with E-state index in [2.05, 4.69) is 5.32 Å². The number of carbonyl (C=O) groups is 2. The molecule has 0 atom stereocenters. The number of hydrogen-bond donors (Lipinski definition) is 1. The second-order valence-electron chi connectivity index (χ2n) is 5.90. The fourth-order valence-corrected chi connectivity index (χ4v) is 1.89. The summed E-state index contributed by atoms with van der Waals surface area (Å²) in [5.41, 5.74) is -1.49. The fraction of sp³-hybridized carbons (Fsp3) is 0.312. The molecule has 0 saturated heterocycles. The van der Waals surface area contributed by atoms with Crippen LogP contribution >= 0.6 is 0 Å². The molecule has 1 aromatic heterocycles. The molecule has 0 aliphatic carbocycles. The molecular formula is C16H16FNO5. The van der Waals surface area contributed by atoms with E-state index in [0.29, 0.717) is 5.39 Å². The maximum absolute atomic E-state index is 13.1. The van der Waals surface area contributed by atoms with Crippen molar-refractivity contribution < 1.29 is 23.1 Å². The van der Waals surface area contributed by atoms with Crippen LogP contribution in [0.1, 0.15) is 31.3 Å². The van der Waals surface area contributed by atoms with Crippen LogP contribution in [0.2, 0.25) is 0 Å². The highest BCUT2D eigenvalue weighted by atomic mass is 19.1. The molecule has 1 N–H and O–H groups in total. The van der Waals surface area contributed by atoms with Crippen molar-refractivity contribution in [3.05, 3.63) is 46.3 Å². The Morgan fingerprint density at radius 2 is 1.96 bits per heavy atom. The minimum absolute atomic E-state index is 0.0358.